The highest BCUT2D eigenvalue weighted by Crippen LogP contribution is 2.26. The monoisotopic (exact) mass is 448 g/mol. The first kappa shape index (κ1) is 22.6. The molecule has 0 bridgehead atoms. The SMILES string of the molecule is CC[C@H](C(=O)N(Cc1ccccc1F)C[C@@H]1CC(c2ccccc2F)=NO1)c1ccccc1. The summed E-state index contributed by atoms with van der Waals surface area (Å²) >= 11 is 0. The topological polar surface area (TPSA) is 41.9 Å². The van der Waals surface area contributed by atoms with Crippen molar-refractivity contribution in [3.63, 3.8) is 0 Å². The maximum Gasteiger partial charge on any atom is 0.230 e. The van der Waals surface area contributed by atoms with Gasteiger partial charge in [-0.05, 0) is 24.1 Å². The van der Waals surface area contributed by atoms with Gasteiger partial charge in [0.2, 0.25) is 5.91 Å². The molecule has 170 valence electrons. The lowest BCUT2D eigenvalue weighted by molar-refractivity contribution is -0.135. The standard InChI is InChI=1S/C27H26F2N2O2/c1-2-22(19-10-4-3-5-11-19)27(32)31(17-20-12-6-8-14-24(20)28)18-21-16-26(30-33-21)23-13-7-9-15-25(23)29/h3-15,21-22H,2,16-18H2,1H3/t21-,22-/m0/s1. The van der Waals surface area contributed by atoms with Crippen LogP contribution in [0.1, 0.15) is 42.4 Å². The van der Waals surface area contributed by atoms with Crippen LogP contribution in [0.3, 0.4) is 0 Å². The van der Waals surface area contributed by atoms with Crippen molar-refractivity contribution in [3.8, 4) is 0 Å². The molecule has 1 heterocycles. The molecule has 33 heavy (non-hydrogen) atoms. The molecule has 0 saturated heterocycles. The van der Waals surface area contributed by atoms with Crippen molar-refractivity contribution in [2.75, 3.05) is 6.54 Å². The smallest absolute Gasteiger partial charge is 0.230 e. The molecule has 0 N–H and O–H groups in total. The van der Waals surface area contributed by atoms with Crippen LogP contribution in [0.5, 0.6) is 0 Å². The van der Waals surface area contributed by atoms with E-state index in [0.717, 1.165) is 5.56 Å². The molecular formula is C27H26F2N2O2. The third-order valence-corrected chi connectivity index (χ3v) is 5.88. The number of hydrogen-bond acceptors (Lipinski definition) is 3. The Hall–Kier alpha value is -3.54. The molecular weight excluding hydrogens is 422 g/mol. The molecule has 0 radical (unpaired) electrons. The normalized spacial score (nSPS) is 16.1. The summed E-state index contributed by atoms with van der Waals surface area (Å²) in [6, 6.07) is 22.4. The fourth-order valence-corrected chi connectivity index (χ4v) is 4.15. The number of halogens is 2. The van der Waals surface area contributed by atoms with E-state index in [1.807, 2.05) is 37.3 Å². The Labute approximate surface area is 192 Å². The lowest BCUT2D eigenvalue weighted by Gasteiger charge is -2.29. The Morgan fingerprint density at radius 3 is 2.36 bits per heavy atom. The van der Waals surface area contributed by atoms with Crippen molar-refractivity contribution in [2.45, 2.75) is 38.3 Å². The van der Waals surface area contributed by atoms with E-state index in [1.165, 1.54) is 12.1 Å². The number of hydrogen-bond donors (Lipinski definition) is 0. The summed E-state index contributed by atoms with van der Waals surface area (Å²) in [5.41, 5.74) is 2.25. The minimum absolute atomic E-state index is 0.102. The van der Waals surface area contributed by atoms with Crippen LogP contribution in [0.4, 0.5) is 8.78 Å². The molecule has 2 atom stereocenters. The first-order valence-electron chi connectivity index (χ1n) is 11.1. The van der Waals surface area contributed by atoms with Crippen molar-refractivity contribution < 1.29 is 18.4 Å². The molecule has 3 aromatic carbocycles. The molecule has 1 amide bonds. The van der Waals surface area contributed by atoms with Gasteiger partial charge >= 0.3 is 0 Å². The van der Waals surface area contributed by atoms with Crippen LogP contribution in [0.2, 0.25) is 0 Å². The second-order valence-electron chi connectivity index (χ2n) is 8.13. The Kier molecular flexibility index (Phi) is 7.13. The van der Waals surface area contributed by atoms with Crippen LogP contribution in [0, 0.1) is 11.6 Å². The van der Waals surface area contributed by atoms with Gasteiger partial charge in [-0.15, -0.1) is 0 Å². The number of carbonyl (C=O) groups is 1. The molecule has 1 aliphatic rings. The number of nitrogens with zero attached hydrogens (tertiary/aromatic N) is 2. The summed E-state index contributed by atoms with van der Waals surface area (Å²) in [5.74, 6) is -1.19. The molecule has 3 aromatic rings. The van der Waals surface area contributed by atoms with Crippen LogP contribution in [-0.4, -0.2) is 29.2 Å². The number of rotatable bonds is 8. The van der Waals surface area contributed by atoms with Gasteiger partial charge in [-0.25, -0.2) is 8.78 Å². The van der Waals surface area contributed by atoms with E-state index in [-0.39, 0.29) is 36.5 Å². The van der Waals surface area contributed by atoms with Gasteiger partial charge in [0.25, 0.3) is 0 Å². The lowest BCUT2D eigenvalue weighted by atomic mass is 9.94. The van der Waals surface area contributed by atoms with E-state index in [1.54, 1.807) is 41.3 Å². The van der Waals surface area contributed by atoms with Crippen LogP contribution in [0.15, 0.2) is 84.0 Å². The van der Waals surface area contributed by atoms with Crippen LogP contribution in [-0.2, 0) is 16.2 Å². The van der Waals surface area contributed by atoms with Crippen molar-refractivity contribution >= 4 is 11.6 Å². The minimum atomic E-state index is -0.441. The number of oxime groups is 1. The Balaban J connectivity index is 1.55. The van der Waals surface area contributed by atoms with Gasteiger partial charge in [0.1, 0.15) is 11.6 Å². The molecule has 4 nitrogen and oxygen atoms in total. The van der Waals surface area contributed by atoms with Crippen molar-refractivity contribution in [3.05, 3.63) is 107 Å². The minimum Gasteiger partial charge on any atom is -0.390 e. The van der Waals surface area contributed by atoms with Crippen molar-refractivity contribution in [2.24, 2.45) is 5.16 Å². The largest absolute Gasteiger partial charge is 0.390 e. The van der Waals surface area contributed by atoms with Gasteiger partial charge in [0.15, 0.2) is 6.10 Å². The second kappa shape index (κ2) is 10.4. The highest BCUT2D eigenvalue weighted by atomic mass is 19.1. The summed E-state index contributed by atoms with van der Waals surface area (Å²) in [6.07, 6.45) is 0.534. The first-order valence-corrected chi connectivity index (χ1v) is 11.1. The fraction of sp³-hybridized carbons (Fsp3) is 0.259. The molecule has 0 unspecified atom stereocenters. The van der Waals surface area contributed by atoms with Gasteiger partial charge in [-0.3, -0.25) is 4.79 Å². The maximum atomic E-state index is 14.4. The van der Waals surface area contributed by atoms with Crippen LogP contribution >= 0.6 is 0 Å². The van der Waals surface area contributed by atoms with E-state index in [9.17, 15) is 13.6 Å². The van der Waals surface area contributed by atoms with Crippen molar-refractivity contribution in [1.29, 1.82) is 0 Å². The molecule has 1 aliphatic heterocycles. The predicted molar refractivity (Wildman–Crippen MR) is 124 cm³/mol. The Morgan fingerprint density at radius 2 is 1.67 bits per heavy atom. The fourth-order valence-electron chi connectivity index (χ4n) is 4.15. The third kappa shape index (κ3) is 5.28. The van der Waals surface area contributed by atoms with E-state index in [4.69, 9.17) is 4.84 Å². The van der Waals surface area contributed by atoms with E-state index < -0.39 is 6.10 Å². The second-order valence-corrected chi connectivity index (χ2v) is 8.13. The number of benzene rings is 3. The molecule has 0 saturated carbocycles. The summed E-state index contributed by atoms with van der Waals surface area (Å²) in [6.45, 7) is 2.30. The van der Waals surface area contributed by atoms with Gasteiger partial charge in [0.05, 0.1) is 18.2 Å². The highest BCUT2D eigenvalue weighted by Gasteiger charge is 2.31. The van der Waals surface area contributed by atoms with Gasteiger partial charge in [0, 0.05) is 24.1 Å². The zero-order valence-corrected chi connectivity index (χ0v) is 18.5. The highest BCUT2D eigenvalue weighted by molar-refractivity contribution is 6.01. The van der Waals surface area contributed by atoms with Crippen LogP contribution < -0.4 is 0 Å². The van der Waals surface area contributed by atoms with Crippen LogP contribution in [0.25, 0.3) is 0 Å². The Bertz CT molecular complexity index is 1130. The number of carbonyl (C=O) groups excluding carboxylic acids is 1. The number of amides is 1. The average molecular weight is 449 g/mol. The van der Waals surface area contributed by atoms with Crippen molar-refractivity contribution in [1.82, 2.24) is 4.90 Å². The molecule has 0 fully saturated rings. The summed E-state index contributed by atoms with van der Waals surface area (Å²) < 4.78 is 28.6. The van der Waals surface area contributed by atoms with Gasteiger partial charge < -0.3 is 9.74 Å². The predicted octanol–water partition coefficient (Wildman–Crippen LogP) is 5.68. The Morgan fingerprint density at radius 1 is 1.00 bits per heavy atom. The zero-order valence-electron chi connectivity index (χ0n) is 18.5. The molecule has 4 rings (SSSR count). The summed E-state index contributed by atoms with van der Waals surface area (Å²) in [5, 5.41) is 4.07. The van der Waals surface area contributed by atoms with E-state index >= 15 is 0 Å². The maximum absolute atomic E-state index is 14.4. The summed E-state index contributed by atoms with van der Waals surface area (Å²) in [4.78, 5) is 20.8. The van der Waals surface area contributed by atoms with Gasteiger partial charge in [-0.1, -0.05) is 78.8 Å². The molecule has 0 aliphatic carbocycles. The lowest BCUT2D eigenvalue weighted by Crippen LogP contribution is -2.40. The quantitative estimate of drug-likeness (QED) is 0.445. The first-order chi connectivity index (χ1) is 16.1. The van der Waals surface area contributed by atoms with E-state index in [2.05, 4.69) is 5.16 Å². The molecule has 0 aromatic heterocycles. The summed E-state index contributed by atoms with van der Waals surface area (Å²) in [7, 11) is 0. The van der Waals surface area contributed by atoms with Gasteiger partial charge in [-0.2, -0.15) is 0 Å². The average Bonchev–Trinajstić information content (AvgIpc) is 3.30. The van der Waals surface area contributed by atoms with E-state index in [0.29, 0.717) is 29.7 Å². The molecule has 6 heteroatoms. The molecule has 0 spiro atoms. The zero-order chi connectivity index (χ0) is 23.2. The third-order valence-electron chi connectivity index (χ3n) is 5.88.